The van der Waals surface area contributed by atoms with Gasteiger partial charge in [0, 0.05) is 10.9 Å². The van der Waals surface area contributed by atoms with Gasteiger partial charge >= 0.3 is 0 Å². The Kier molecular flexibility index (Phi) is 3.61. The third kappa shape index (κ3) is 3.48. The van der Waals surface area contributed by atoms with Crippen molar-refractivity contribution in [2.24, 2.45) is 10.8 Å². The highest BCUT2D eigenvalue weighted by atomic mass is 79.9. The Balaban J connectivity index is 1.89. The Bertz CT molecular complexity index is 359. The lowest BCUT2D eigenvalue weighted by atomic mass is 10.5. The molecule has 6 heteroatoms. The summed E-state index contributed by atoms with van der Waals surface area (Å²) in [6, 6.07) is 4.65. The Morgan fingerprint density at radius 2 is 2.40 bits per heavy atom. The molecule has 82 valence electrons. The van der Waals surface area contributed by atoms with Crippen LogP contribution < -0.4 is 16.6 Å². The average Bonchev–Trinajstić information content (AvgIpc) is 2.95. The largest absolute Gasteiger partial charge is 0.353 e. The van der Waals surface area contributed by atoms with Crippen LogP contribution in [0.2, 0.25) is 0 Å². The molecule has 2 rings (SSSR count). The summed E-state index contributed by atoms with van der Waals surface area (Å²) in [5.41, 5.74) is 2.58. The monoisotopic (exact) mass is 288 g/mol. The van der Waals surface area contributed by atoms with Crippen molar-refractivity contribution in [3.05, 3.63) is 20.8 Å². The molecule has 0 spiro atoms. The second-order valence-electron chi connectivity index (χ2n) is 3.43. The maximum absolute atomic E-state index is 5.37. The summed E-state index contributed by atoms with van der Waals surface area (Å²) in [6.45, 7) is 0.662. The smallest absolute Gasteiger partial charge is 0.206 e. The van der Waals surface area contributed by atoms with E-state index in [2.05, 4.69) is 37.7 Å². The first-order valence-corrected chi connectivity index (χ1v) is 6.40. The summed E-state index contributed by atoms with van der Waals surface area (Å²) in [7, 11) is 0. The van der Waals surface area contributed by atoms with E-state index in [1.807, 2.05) is 6.07 Å². The van der Waals surface area contributed by atoms with Gasteiger partial charge in [-0.25, -0.2) is 10.8 Å². The molecular weight excluding hydrogens is 276 g/mol. The number of nitrogens with one attached hydrogen (secondary N) is 2. The van der Waals surface area contributed by atoms with Gasteiger partial charge in [-0.3, -0.25) is 5.43 Å². The minimum atomic E-state index is 0.565. The fourth-order valence-corrected chi connectivity index (χ4v) is 2.56. The number of hydrazine groups is 1. The van der Waals surface area contributed by atoms with Crippen molar-refractivity contribution in [2.45, 2.75) is 25.4 Å². The van der Waals surface area contributed by atoms with Crippen molar-refractivity contribution < 1.29 is 0 Å². The van der Waals surface area contributed by atoms with Crippen LogP contribution >= 0.6 is 27.3 Å². The first-order valence-electron chi connectivity index (χ1n) is 4.80. The molecule has 1 aliphatic rings. The number of hydrogen-bond acceptors (Lipinski definition) is 3. The molecule has 0 atom stereocenters. The summed E-state index contributed by atoms with van der Waals surface area (Å²) in [4.78, 5) is 5.58. The maximum atomic E-state index is 5.37. The van der Waals surface area contributed by atoms with Gasteiger partial charge in [-0.05, 0) is 40.9 Å². The Morgan fingerprint density at radius 3 is 2.93 bits per heavy atom. The predicted octanol–water partition coefficient (Wildman–Crippen LogP) is 1.58. The van der Waals surface area contributed by atoms with Crippen LogP contribution in [0.4, 0.5) is 0 Å². The van der Waals surface area contributed by atoms with Crippen LogP contribution in [0.15, 0.2) is 20.9 Å². The van der Waals surface area contributed by atoms with Crippen LogP contribution in [0.3, 0.4) is 0 Å². The summed E-state index contributed by atoms with van der Waals surface area (Å²) in [6.07, 6.45) is 2.43. The van der Waals surface area contributed by atoms with Gasteiger partial charge in [-0.2, -0.15) is 0 Å². The van der Waals surface area contributed by atoms with Crippen LogP contribution in [-0.2, 0) is 6.54 Å². The molecule has 4 N–H and O–H groups in total. The SMILES string of the molecule is NNC(=NCc1ccc(Br)s1)NC1CC1. The quantitative estimate of drug-likeness (QED) is 0.343. The van der Waals surface area contributed by atoms with Crippen LogP contribution in [-0.4, -0.2) is 12.0 Å². The number of guanidine groups is 1. The van der Waals surface area contributed by atoms with E-state index in [9.17, 15) is 0 Å². The van der Waals surface area contributed by atoms with Crippen molar-refractivity contribution in [1.29, 1.82) is 0 Å². The van der Waals surface area contributed by atoms with E-state index >= 15 is 0 Å². The Hall–Kier alpha value is -0.590. The lowest BCUT2D eigenvalue weighted by Crippen LogP contribution is -2.42. The Labute approximate surface area is 101 Å². The molecule has 0 aliphatic heterocycles. The minimum absolute atomic E-state index is 0.565. The summed E-state index contributed by atoms with van der Waals surface area (Å²) >= 11 is 5.11. The van der Waals surface area contributed by atoms with E-state index in [1.165, 1.54) is 17.7 Å². The predicted molar refractivity (Wildman–Crippen MR) is 66.6 cm³/mol. The third-order valence-electron chi connectivity index (χ3n) is 2.08. The van der Waals surface area contributed by atoms with Gasteiger partial charge in [0.15, 0.2) is 0 Å². The molecule has 1 saturated carbocycles. The lowest BCUT2D eigenvalue weighted by molar-refractivity contribution is 0.822. The fraction of sp³-hybridized carbons (Fsp3) is 0.444. The van der Waals surface area contributed by atoms with E-state index in [1.54, 1.807) is 11.3 Å². The van der Waals surface area contributed by atoms with Gasteiger partial charge < -0.3 is 5.32 Å². The second-order valence-corrected chi connectivity index (χ2v) is 5.98. The van der Waals surface area contributed by atoms with E-state index in [0.29, 0.717) is 18.5 Å². The number of hydrogen-bond donors (Lipinski definition) is 3. The van der Waals surface area contributed by atoms with Crippen molar-refractivity contribution in [3.8, 4) is 0 Å². The molecular formula is C9H13BrN4S. The van der Waals surface area contributed by atoms with Crippen LogP contribution in [0.1, 0.15) is 17.7 Å². The number of rotatable bonds is 3. The third-order valence-corrected chi connectivity index (χ3v) is 3.69. The fourth-order valence-electron chi connectivity index (χ4n) is 1.15. The lowest BCUT2D eigenvalue weighted by Gasteiger charge is -2.06. The van der Waals surface area contributed by atoms with E-state index in [0.717, 1.165) is 3.79 Å². The van der Waals surface area contributed by atoms with Crippen LogP contribution in [0.5, 0.6) is 0 Å². The van der Waals surface area contributed by atoms with Gasteiger partial charge in [0.25, 0.3) is 0 Å². The standard InChI is InChI=1S/C9H13BrN4S/c10-8-4-3-7(15-8)5-12-9(14-11)13-6-1-2-6/h3-4,6H,1-2,5,11H2,(H2,12,13,14). The summed E-state index contributed by atoms with van der Waals surface area (Å²) < 4.78 is 1.13. The molecule has 0 bridgehead atoms. The van der Waals surface area contributed by atoms with Gasteiger partial charge in [0.05, 0.1) is 10.3 Å². The van der Waals surface area contributed by atoms with Crippen molar-refractivity contribution in [2.75, 3.05) is 0 Å². The van der Waals surface area contributed by atoms with Crippen molar-refractivity contribution >= 4 is 33.2 Å². The zero-order chi connectivity index (χ0) is 10.7. The average molecular weight is 289 g/mol. The molecule has 1 aromatic heterocycles. The van der Waals surface area contributed by atoms with Crippen LogP contribution in [0, 0.1) is 0 Å². The van der Waals surface area contributed by atoms with E-state index < -0.39 is 0 Å². The molecule has 15 heavy (non-hydrogen) atoms. The van der Waals surface area contributed by atoms with Gasteiger partial charge in [0.2, 0.25) is 5.96 Å². The zero-order valence-corrected chi connectivity index (χ0v) is 10.6. The Morgan fingerprint density at radius 1 is 1.60 bits per heavy atom. The van der Waals surface area contributed by atoms with Crippen molar-refractivity contribution in [3.63, 3.8) is 0 Å². The number of nitrogens with zero attached hydrogens (tertiary/aromatic N) is 1. The normalized spacial score (nSPS) is 16.5. The number of nitrogens with two attached hydrogens (primary N) is 1. The first kappa shape index (κ1) is 10.9. The van der Waals surface area contributed by atoms with E-state index in [-0.39, 0.29) is 0 Å². The molecule has 1 heterocycles. The highest BCUT2D eigenvalue weighted by Crippen LogP contribution is 2.22. The topological polar surface area (TPSA) is 62.4 Å². The molecule has 1 aliphatic carbocycles. The number of thiophene rings is 1. The molecule has 0 amide bonds. The molecule has 0 unspecified atom stereocenters. The van der Waals surface area contributed by atoms with Gasteiger partial charge in [-0.1, -0.05) is 0 Å². The van der Waals surface area contributed by atoms with Crippen LogP contribution in [0.25, 0.3) is 0 Å². The molecule has 0 radical (unpaired) electrons. The highest BCUT2D eigenvalue weighted by Gasteiger charge is 2.21. The second kappa shape index (κ2) is 4.96. The molecule has 1 aromatic rings. The molecule has 0 aromatic carbocycles. The molecule has 0 saturated heterocycles. The minimum Gasteiger partial charge on any atom is -0.353 e. The summed E-state index contributed by atoms with van der Waals surface area (Å²) in [5.74, 6) is 6.05. The number of halogens is 1. The maximum Gasteiger partial charge on any atom is 0.206 e. The van der Waals surface area contributed by atoms with Gasteiger partial charge in [-0.15, -0.1) is 11.3 Å². The summed E-state index contributed by atoms with van der Waals surface area (Å²) in [5, 5.41) is 3.22. The molecule has 1 fully saturated rings. The zero-order valence-electron chi connectivity index (χ0n) is 8.16. The van der Waals surface area contributed by atoms with E-state index in [4.69, 9.17) is 5.84 Å². The van der Waals surface area contributed by atoms with Crippen molar-refractivity contribution in [1.82, 2.24) is 10.7 Å². The highest BCUT2D eigenvalue weighted by molar-refractivity contribution is 9.11. The number of aliphatic imine (C=N–C) groups is 1. The molecule has 4 nitrogen and oxygen atoms in total. The first-order chi connectivity index (χ1) is 7.28. The van der Waals surface area contributed by atoms with Gasteiger partial charge in [0.1, 0.15) is 0 Å².